The first-order chi connectivity index (χ1) is 16.0. The first kappa shape index (κ1) is 21.3. The number of halogens is 1. The number of carbonyl (C=O) groups excluding carboxylic acids is 2. The number of carbonyl (C=O) groups is 2. The second kappa shape index (κ2) is 8.74. The van der Waals surface area contributed by atoms with Crippen LogP contribution in [0.3, 0.4) is 0 Å². The fourth-order valence-corrected chi connectivity index (χ4v) is 4.45. The fraction of sp³-hybridized carbons (Fsp3) is 0.333. The molecule has 3 heterocycles. The van der Waals surface area contributed by atoms with E-state index in [0.717, 1.165) is 11.1 Å². The van der Waals surface area contributed by atoms with E-state index in [0.29, 0.717) is 55.7 Å². The highest BCUT2D eigenvalue weighted by molar-refractivity contribution is 6.01. The molecule has 33 heavy (non-hydrogen) atoms. The molecule has 0 bridgehead atoms. The summed E-state index contributed by atoms with van der Waals surface area (Å²) in [6, 6.07) is 12.1. The van der Waals surface area contributed by atoms with Gasteiger partial charge >= 0.3 is 0 Å². The third-order valence-electron chi connectivity index (χ3n) is 6.25. The maximum absolute atomic E-state index is 13.6. The molecule has 1 fully saturated rings. The number of benzene rings is 2. The number of hydrogen-bond donors (Lipinski definition) is 1. The van der Waals surface area contributed by atoms with Crippen LogP contribution in [0.4, 0.5) is 10.1 Å². The molecule has 1 aromatic heterocycles. The summed E-state index contributed by atoms with van der Waals surface area (Å²) in [6.07, 6.45) is 0.0708. The Bertz CT molecular complexity index is 1200. The van der Waals surface area contributed by atoms with Gasteiger partial charge in [0.25, 0.3) is 0 Å². The Morgan fingerprint density at radius 1 is 1.18 bits per heavy atom. The zero-order valence-electron chi connectivity index (χ0n) is 18.3. The molecule has 8 nitrogen and oxygen atoms in total. The average Bonchev–Trinajstić information content (AvgIpc) is 3.26. The van der Waals surface area contributed by atoms with Crippen molar-refractivity contribution in [1.82, 2.24) is 19.9 Å². The lowest BCUT2D eigenvalue weighted by atomic mass is 9.89. The Kier molecular flexibility index (Phi) is 5.63. The molecule has 0 aliphatic carbocycles. The topological polar surface area (TPSA) is 91.6 Å². The second-order valence-corrected chi connectivity index (χ2v) is 8.46. The molecule has 1 atom stereocenters. The minimum Gasteiger partial charge on any atom is -0.340 e. The van der Waals surface area contributed by atoms with E-state index in [1.165, 1.54) is 12.1 Å². The van der Waals surface area contributed by atoms with Crippen molar-refractivity contribution in [2.75, 3.05) is 31.5 Å². The first-order valence-electron chi connectivity index (χ1n) is 11.0. The lowest BCUT2D eigenvalue weighted by Gasteiger charge is -2.37. The Hall–Kier alpha value is -3.59. The number of aryl methyl sites for hydroxylation is 1. The second-order valence-electron chi connectivity index (χ2n) is 8.46. The van der Waals surface area contributed by atoms with Crippen molar-refractivity contribution in [1.29, 1.82) is 0 Å². The van der Waals surface area contributed by atoms with E-state index >= 15 is 0 Å². The van der Waals surface area contributed by atoms with Crippen LogP contribution in [0.25, 0.3) is 11.4 Å². The Balaban J connectivity index is 1.21. The van der Waals surface area contributed by atoms with Crippen LogP contribution in [0.5, 0.6) is 0 Å². The van der Waals surface area contributed by atoms with Crippen molar-refractivity contribution < 1.29 is 18.5 Å². The Morgan fingerprint density at radius 2 is 1.97 bits per heavy atom. The lowest BCUT2D eigenvalue weighted by Crippen LogP contribution is -2.50. The SMILES string of the molecule is Cc1ccccc1-c1noc(CN2CCN(C(=O)C3CC(=O)Nc4cc(F)ccc43)CC2)n1. The number of aromatic nitrogens is 2. The van der Waals surface area contributed by atoms with Crippen LogP contribution in [-0.2, 0) is 16.1 Å². The molecule has 5 rings (SSSR count). The summed E-state index contributed by atoms with van der Waals surface area (Å²) in [4.78, 5) is 33.7. The quantitative estimate of drug-likeness (QED) is 0.659. The van der Waals surface area contributed by atoms with Gasteiger partial charge in [-0.2, -0.15) is 4.98 Å². The minimum absolute atomic E-state index is 0.0708. The molecule has 2 amide bonds. The van der Waals surface area contributed by atoms with Crippen LogP contribution < -0.4 is 5.32 Å². The molecule has 0 saturated carbocycles. The standard InChI is InChI=1S/C24H24FN5O3/c1-15-4-2-3-5-17(15)23-27-22(33-28-23)14-29-8-10-30(11-9-29)24(32)19-13-21(31)26-20-12-16(25)6-7-18(19)20/h2-7,12,19H,8-11,13-14H2,1H3,(H,26,31). The fourth-order valence-electron chi connectivity index (χ4n) is 4.45. The molecule has 1 N–H and O–H groups in total. The van der Waals surface area contributed by atoms with Gasteiger partial charge in [0, 0.05) is 43.9 Å². The monoisotopic (exact) mass is 449 g/mol. The molecule has 170 valence electrons. The summed E-state index contributed by atoms with van der Waals surface area (Å²) >= 11 is 0. The van der Waals surface area contributed by atoms with Crippen molar-refractivity contribution in [3.05, 3.63) is 65.3 Å². The summed E-state index contributed by atoms with van der Waals surface area (Å²) in [7, 11) is 0. The Labute approximate surface area is 190 Å². The average molecular weight is 449 g/mol. The molecule has 0 spiro atoms. The number of nitrogens with one attached hydrogen (secondary N) is 1. The van der Waals surface area contributed by atoms with E-state index < -0.39 is 11.7 Å². The van der Waals surface area contributed by atoms with Gasteiger partial charge in [0.2, 0.25) is 23.5 Å². The zero-order chi connectivity index (χ0) is 22.9. The normalized spacial score (nSPS) is 18.7. The maximum atomic E-state index is 13.6. The molecule has 1 unspecified atom stereocenters. The molecule has 2 aliphatic rings. The third-order valence-corrected chi connectivity index (χ3v) is 6.25. The van der Waals surface area contributed by atoms with Crippen LogP contribution in [0.1, 0.15) is 29.4 Å². The predicted molar refractivity (Wildman–Crippen MR) is 119 cm³/mol. The van der Waals surface area contributed by atoms with Crippen molar-refractivity contribution in [3.8, 4) is 11.4 Å². The number of piperazine rings is 1. The number of anilines is 1. The van der Waals surface area contributed by atoms with Crippen LogP contribution >= 0.6 is 0 Å². The van der Waals surface area contributed by atoms with Crippen LogP contribution in [0, 0.1) is 12.7 Å². The highest BCUT2D eigenvalue weighted by Gasteiger charge is 2.35. The van der Waals surface area contributed by atoms with Gasteiger partial charge in [0.15, 0.2) is 0 Å². The number of rotatable bonds is 4. The smallest absolute Gasteiger partial charge is 0.241 e. The third kappa shape index (κ3) is 4.36. The lowest BCUT2D eigenvalue weighted by molar-refractivity contribution is -0.136. The summed E-state index contributed by atoms with van der Waals surface area (Å²) in [5.74, 6) is -0.297. The molecule has 9 heteroatoms. The van der Waals surface area contributed by atoms with Gasteiger partial charge in [-0.1, -0.05) is 35.5 Å². The van der Waals surface area contributed by atoms with E-state index in [1.54, 1.807) is 11.0 Å². The summed E-state index contributed by atoms with van der Waals surface area (Å²) in [5, 5.41) is 6.77. The van der Waals surface area contributed by atoms with Crippen molar-refractivity contribution in [2.24, 2.45) is 0 Å². The highest BCUT2D eigenvalue weighted by atomic mass is 19.1. The minimum atomic E-state index is -0.589. The van der Waals surface area contributed by atoms with E-state index in [4.69, 9.17) is 4.52 Å². The van der Waals surface area contributed by atoms with E-state index in [2.05, 4.69) is 20.4 Å². The molecule has 3 aromatic rings. The van der Waals surface area contributed by atoms with Gasteiger partial charge in [-0.15, -0.1) is 0 Å². The largest absolute Gasteiger partial charge is 0.340 e. The van der Waals surface area contributed by atoms with Gasteiger partial charge in [-0.25, -0.2) is 4.39 Å². The molecular weight excluding hydrogens is 425 g/mol. The van der Waals surface area contributed by atoms with Gasteiger partial charge < -0.3 is 14.7 Å². The van der Waals surface area contributed by atoms with Crippen molar-refractivity contribution in [3.63, 3.8) is 0 Å². The summed E-state index contributed by atoms with van der Waals surface area (Å²) in [6.45, 7) is 4.89. The molecule has 1 saturated heterocycles. The van der Waals surface area contributed by atoms with Crippen LogP contribution in [-0.4, -0.2) is 57.9 Å². The summed E-state index contributed by atoms with van der Waals surface area (Å²) < 4.78 is 19.0. The molecule has 2 aliphatic heterocycles. The maximum Gasteiger partial charge on any atom is 0.241 e. The Morgan fingerprint density at radius 3 is 2.76 bits per heavy atom. The van der Waals surface area contributed by atoms with E-state index in [9.17, 15) is 14.0 Å². The van der Waals surface area contributed by atoms with Crippen molar-refractivity contribution >= 4 is 17.5 Å². The van der Waals surface area contributed by atoms with Crippen LogP contribution in [0.2, 0.25) is 0 Å². The molecular formula is C24H24FN5O3. The summed E-state index contributed by atoms with van der Waals surface area (Å²) in [5.41, 5.74) is 3.07. The molecule has 0 radical (unpaired) electrons. The zero-order valence-corrected chi connectivity index (χ0v) is 18.3. The van der Waals surface area contributed by atoms with E-state index in [-0.39, 0.29) is 18.2 Å². The van der Waals surface area contributed by atoms with Gasteiger partial charge in [0.1, 0.15) is 5.82 Å². The number of fused-ring (bicyclic) bond motifs is 1. The van der Waals surface area contributed by atoms with Crippen LogP contribution in [0.15, 0.2) is 47.0 Å². The van der Waals surface area contributed by atoms with Gasteiger partial charge in [-0.3, -0.25) is 14.5 Å². The number of amides is 2. The molecule has 2 aromatic carbocycles. The number of nitrogens with zero attached hydrogens (tertiary/aromatic N) is 4. The predicted octanol–water partition coefficient (Wildman–Crippen LogP) is 2.95. The number of hydrogen-bond acceptors (Lipinski definition) is 6. The van der Waals surface area contributed by atoms with Gasteiger partial charge in [-0.05, 0) is 30.2 Å². The van der Waals surface area contributed by atoms with Gasteiger partial charge in [0.05, 0.1) is 12.5 Å². The van der Waals surface area contributed by atoms with E-state index in [1.807, 2.05) is 31.2 Å². The highest BCUT2D eigenvalue weighted by Crippen LogP contribution is 2.34. The first-order valence-corrected chi connectivity index (χ1v) is 11.0. The van der Waals surface area contributed by atoms with Crippen molar-refractivity contribution in [2.45, 2.75) is 25.8 Å².